The average Bonchev–Trinajstić information content (AvgIpc) is 2.80. The molecule has 0 saturated carbocycles. The Kier molecular flexibility index (Phi) is 9.61. The Morgan fingerprint density at radius 1 is 0.871 bits per heavy atom. The van der Waals surface area contributed by atoms with Gasteiger partial charge in [0.15, 0.2) is 0 Å². The zero-order chi connectivity index (χ0) is 23.0. The van der Waals surface area contributed by atoms with E-state index in [1.165, 1.54) is 11.1 Å². The number of amides is 2. The molecule has 31 heavy (non-hydrogen) atoms. The van der Waals surface area contributed by atoms with E-state index < -0.39 is 0 Å². The van der Waals surface area contributed by atoms with E-state index in [-0.39, 0.29) is 11.8 Å². The quantitative estimate of drug-likeness (QED) is 0.441. The molecule has 2 aliphatic rings. The number of carbonyl (C=O) groups excluding carboxylic acids is 2. The van der Waals surface area contributed by atoms with Crippen molar-refractivity contribution in [1.29, 1.82) is 0 Å². The largest absolute Gasteiger partial charge is 0.508 e. The number of aromatic hydroxyl groups is 1. The summed E-state index contributed by atoms with van der Waals surface area (Å²) in [7, 11) is 1.69. The molecule has 1 N–H and O–H groups in total. The second kappa shape index (κ2) is 11.9. The molecule has 2 amide bonds. The van der Waals surface area contributed by atoms with Crippen molar-refractivity contribution in [1.82, 2.24) is 9.80 Å². The van der Waals surface area contributed by atoms with Crippen molar-refractivity contribution >= 4 is 34.4 Å². The van der Waals surface area contributed by atoms with E-state index in [9.17, 15) is 14.7 Å². The van der Waals surface area contributed by atoms with Crippen molar-refractivity contribution in [2.45, 2.75) is 39.8 Å². The van der Waals surface area contributed by atoms with Gasteiger partial charge in [-0.3, -0.25) is 9.59 Å². The van der Waals surface area contributed by atoms with Gasteiger partial charge in [-0.15, -0.1) is 0 Å². The standard InChI is InChI=1S/C12H15NO2.C11H13NO2.CH3I/c1-9(14)13-7-6-11-10(8-13)4-3-5-12(11)15-2;1-8(13)12-6-5-10-9(7-12)3-2-4-11(10)14;1-2/h3-5H,6-8H2,1-2H3;2-4,14H,5-7H2,1H3;1H3. The lowest BCUT2D eigenvalue weighted by molar-refractivity contribution is -0.130. The van der Waals surface area contributed by atoms with Crippen molar-refractivity contribution in [3.8, 4) is 11.5 Å². The number of carbonyl (C=O) groups is 2. The van der Waals surface area contributed by atoms with E-state index >= 15 is 0 Å². The lowest BCUT2D eigenvalue weighted by atomic mass is 9.99. The number of rotatable bonds is 1. The summed E-state index contributed by atoms with van der Waals surface area (Å²) in [4.78, 5) is 28.0. The molecule has 6 nitrogen and oxygen atoms in total. The molecular weight excluding hydrogens is 507 g/mol. The van der Waals surface area contributed by atoms with Crippen LogP contribution in [-0.2, 0) is 35.5 Å². The van der Waals surface area contributed by atoms with Gasteiger partial charge in [0.25, 0.3) is 0 Å². The fourth-order valence-corrected chi connectivity index (χ4v) is 3.89. The van der Waals surface area contributed by atoms with Gasteiger partial charge in [0.1, 0.15) is 11.5 Å². The maximum atomic E-state index is 11.3. The molecule has 2 aromatic rings. The average molecular weight is 538 g/mol. The van der Waals surface area contributed by atoms with Crippen LogP contribution in [0.15, 0.2) is 36.4 Å². The van der Waals surface area contributed by atoms with Crippen molar-refractivity contribution in [3.63, 3.8) is 0 Å². The van der Waals surface area contributed by atoms with Gasteiger partial charge in [0, 0.05) is 51.2 Å². The van der Waals surface area contributed by atoms with Gasteiger partial charge in [-0.2, -0.15) is 0 Å². The number of methoxy groups -OCH3 is 1. The number of benzene rings is 2. The molecule has 0 radical (unpaired) electrons. The van der Waals surface area contributed by atoms with Gasteiger partial charge in [0.05, 0.1) is 7.11 Å². The number of halogens is 1. The van der Waals surface area contributed by atoms with Crippen LogP contribution in [0.2, 0.25) is 0 Å². The summed E-state index contributed by atoms with van der Waals surface area (Å²) >= 11 is 2.15. The van der Waals surface area contributed by atoms with Gasteiger partial charge in [-0.1, -0.05) is 46.9 Å². The molecule has 4 rings (SSSR count). The monoisotopic (exact) mass is 538 g/mol. The van der Waals surface area contributed by atoms with E-state index in [2.05, 4.69) is 28.7 Å². The first kappa shape index (κ1) is 25.0. The first-order chi connectivity index (χ1) is 14.9. The molecule has 0 aliphatic carbocycles. The minimum absolute atomic E-state index is 0.0963. The summed E-state index contributed by atoms with van der Waals surface area (Å²) in [6.07, 6.45) is 1.64. The molecule has 0 saturated heterocycles. The van der Waals surface area contributed by atoms with Crippen molar-refractivity contribution < 1.29 is 19.4 Å². The molecular formula is C24H31IN2O4. The van der Waals surface area contributed by atoms with Crippen LogP contribution >= 0.6 is 22.6 Å². The minimum Gasteiger partial charge on any atom is -0.508 e. The number of phenols is 1. The summed E-state index contributed by atoms with van der Waals surface area (Å²) in [5.74, 6) is 1.53. The topological polar surface area (TPSA) is 70.1 Å². The second-order valence-electron chi connectivity index (χ2n) is 7.39. The highest BCUT2D eigenvalue weighted by Gasteiger charge is 2.21. The minimum atomic E-state index is 0.0963. The Balaban J connectivity index is 0.000000204. The summed E-state index contributed by atoms with van der Waals surface area (Å²) in [6.45, 7) is 6.03. The highest BCUT2D eigenvalue weighted by molar-refractivity contribution is 14.1. The molecule has 0 fully saturated rings. The zero-order valence-corrected chi connectivity index (χ0v) is 20.8. The second-order valence-corrected chi connectivity index (χ2v) is 7.39. The van der Waals surface area contributed by atoms with Gasteiger partial charge in [-0.25, -0.2) is 0 Å². The van der Waals surface area contributed by atoms with Crippen molar-refractivity contribution in [3.05, 3.63) is 58.7 Å². The van der Waals surface area contributed by atoms with Crippen LogP contribution < -0.4 is 4.74 Å². The van der Waals surface area contributed by atoms with Crippen LogP contribution in [0.4, 0.5) is 0 Å². The number of alkyl halides is 1. The zero-order valence-electron chi connectivity index (χ0n) is 18.7. The molecule has 7 heteroatoms. The molecule has 2 aliphatic heterocycles. The smallest absolute Gasteiger partial charge is 0.219 e. The summed E-state index contributed by atoms with van der Waals surface area (Å²) in [6, 6.07) is 11.5. The lowest BCUT2D eigenvalue weighted by Crippen LogP contribution is -2.34. The van der Waals surface area contributed by atoms with Gasteiger partial charge >= 0.3 is 0 Å². The SMILES string of the molecule is CC(=O)N1CCc2c(O)cccc2C1.CI.COc1cccc2c1CCN(C(C)=O)C2. The first-order valence-corrected chi connectivity index (χ1v) is 12.4. The molecule has 0 spiro atoms. The van der Waals surface area contributed by atoms with E-state index in [0.29, 0.717) is 25.4 Å². The lowest BCUT2D eigenvalue weighted by Gasteiger charge is -2.28. The Morgan fingerprint density at radius 3 is 1.87 bits per heavy atom. The number of nitrogens with zero attached hydrogens (tertiary/aromatic N) is 2. The number of hydrogen-bond donors (Lipinski definition) is 1. The molecule has 0 unspecified atom stereocenters. The number of hydrogen-bond acceptors (Lipinski definition) is 4. The van der Waals surface area contributed by atoms with E-state index in [0.717, 1.165) is 36.3 Å². The third-order valence-corrected chi connectivity index (χ3v) is 5.57. The van der Waals surface area contributed by atoms with Crippen LogP contribution in [0.1, 0.15) is 36.1 Å². The Hall–Kier alpha value is -2.29. The highest BCUT2D eigenvalue weighted by Crippen LogP contribution is 2.28. The molecule has 0 bridgehead atoms. The van der Waals surface area contributed by atoms with Gasteiger partial charge in [0.2, 0.25) is 11.8 Å². The Morgan fingerprint density at radius 2 is 1.35 bits per heavy atom. The van der Waals surface area contributed by atoms with Crippen LogP contribution in [0.25, 0.3) is 0 Å². The maximum absolute atomic E-state index is 11.3. The summed E-state index contributed by atoms with van der Waals surface area (Å²) < 4.78 is 5.30. The van der Waals surface area contributed by atoms with Gasteiger partial charge < -0.3 is 19.6 Å². The predicted octanol–water partition coefficient (Wildman–Crippen LogP) is 3.95. The predicted molar refractivity (Wildman–Crippen MR) is 131 cm³/mol. The van der Waals surface area contributed by atoms with E-state index in [1.54, 1.807) is 31.9 Å². The van der Waals surface area contributed by atoms with Gasteiger partial charge in [-0.05, 0) is 41.0 Å². The number of fused-ring (bicyclic) bond motifs is 2. The molecule has 2 heterocycles. The van der Waals surface area contributed by atoms with Crippen molar-refractivity contribution in [2.24, 2.45) is 0 Å². The highest BCUT2D eigenvalue weighted by atomic mass is 127. The number of phenolic OH excluding ortho intramolecular Hbond substituents is 1. The summed E-state index contributed by atoms with van der Waals surface area (Å²) in [5.41, 5.74) is 4.50. The molecule has 0 aromatic heterocycles. The molecule has 0 atom stereocenters. The third kappa shape index (κ3) is 6.35. The van der Waals surface area contributed by atoms with E-state index in [1.807, 2.05) is 34.1 Å². The Bertz CT molecular complexity index is 916. The molecule has 2 aromatic carbocycles. The van der Waals surface area contributed by atoms with Crippen LogP contribution in [0, 0.1) is 0 Å². The first-order valence-electron chi connectivity index (χ1n) is 10.2. The fraction of sp³-hybridized carbons (Fsp3) is 0.417. The van der Waals surface area contributed by atoms with Crippen molar-refractivity contribution in [2.75, 3.05) is 25.1 Å². The van der Waals surface area contributed by atoms with Crippen LogP contribution in [0.3, 0.4) is 0 Å². The van der Waals surface area contributed by atoms with Crippen LogP contribution in [-0.4, -0.2) is 51.9 Å². The normalized spacial score (nSPS) is 14.1. The molecule has 168 valence electrons. The Labute approximate surface area is 198 Å². The third-order valence-electron chi connectivity index (χ3n) is 5.57. The number of ether oxygens (including phenoxy) is 1. The fourth-order valence-electron chi connectivity index (χ4n) is 3.89. The van der Waals surface area contributed by atoms with Crippen LogP contribution in [0.5, 0.6) is 11.5 Å². The summed E-state index contributed by atoms with van der Waals surface area (Å²) in [5, 5.41) is 9.58. The van der Waals surface area contributed by atoms with E-state index in [4.69, 9.17) is 4.74 Å². The maximum Gasteiger partial charge on any atom is 0.219 e.